The summed E-state index contributed by atoms with van der Waals surface area (Å²) < 4.78 is 42.2. The van der Waals surface area contributed by atoms with E-state index in [2.05, 4.69) is 5.32 Å². The van der Waals surface area contributed by atoms with Crippen LogP contribution in [0.5, 0.6) is 0 Å². The van der Waals surface area contributed by atoms with Crippen LogP contribution in [0, 0.1) is 12.7 Å². The number of aryl methyl sites for hydroxylation is 1. The van der Waals surface area contributed by atoms with Gasteiger partial charge in [-0.15, -0.1) is 0 Å². The average Bonchev–Trinajstić information content (AvgIpc) is 2.91. The molecule has 0 aliphatic heterocycles. The van der Waals surface area contributed by atoms with Crippen LogP contribution in [0.25, 0.3) is 0 Å². The molecule has 0 aliphatic rings. The zero-order valence-corrected chi connectivity index (χ0v) is 23.8. The van der Waals surface area contributed by atoms with E-state index in [-0.39, 0.29) is 17.3 Å². The van der Waals surface area contributed by atoms with Crippen LogP contribution < -0.4 is 9.62 Å². The second-order valence-electron chi connectivity index (χ2n) is 9.22. The van der Waals surface area contributed by atoms with Gasteiger partial charge < -0.3 is 10.2 Å². The third-order valence-corrected chi connectivity index (χ3v) is 8.35. The second-order valence-corrected chi connectivity index (χ2v) is 11.5. The van der Waals surface area contributed by atoms with Gasteiger partial charge in [0.05, 0.1) is 10.6 Å². The van der Waals surface area contributed by atoms with Gasteiger partial charge in [-0.25, -0.2) is 12.8 Å². The van der Waals surface area contributed by atoms with Crippen molar-refractivity contribution in [3.05, 3.63) is 94.8 Å². The SMILES string of the molecule is CCCCNC(=O)C(C)N(Cc1ccc(F)cc1)C(=O)CN(c1ccccc1C)S(=O)(=O)c1ccc(Cl)cc1. The van der Waals surface area contributed by atoms with E-state index < -0.39 is 34.3 Å². The number of carbonyl (C=O) groups excluding carboxylic acids is 2. The Balaban J connectivity index is 2.00. The number of halogens is 2. The van der Waals surface area contributed by atoms with Crippen LogP contribution in [0.4, 0.5) is 10.1 Å². The van der Waals surface area contributed by atoms with E-state index in [1.54, 1.807) is 38.1 Å². The summed E-state index contributed by atoms with van der Waals surface area (Å²) in [5, 5.41) is 3.21. The first kappa shape index (κ1) is 30.1. The lowest BCUT2D eigenvalue weighted by atomic mass is 10.1. The first-order valence-electron chi connectivity index (χ1n) is 12.7. The fraction of sp³-hybridized carbons (Fsp3) is 0.310. The summed E-state index contributed by atoms with van der Waals surface area (Å²) in [7, 11) is -4.19. The van der Waals surface area contributed by atoms with Gasteiger partial charge in [0.2, 0.25) is 11.8 Å². The van der Waals surface area contributed by atoms with Gasteiger partial charge in [0.1, 0.15) is 18.4 Å². The molecule has 7 nitrogen and oxygen atoms in total. The van der Waals surface area contributed by atoms with E-state index in [4.69, 9.17) is 11.6 Å². The normalized spacial score (nSPS) is 12.0. The van der Waals surface area contributed by atoms with E-state index in [9.17, 15) is 22.4 Å². The molecular formula is C29H33ClFN3O4S. The van der Waals surface area contributed by atoms with Crippen LogP contribution in [0.15, 0.2) is 77.7 Å². The Hall–Kier alpha value is -3.43. The number of carbonyl (C=O) groups is 2. The third kappa shape index (κ3) is 7.80. The molecular weight excluding hydrogens is 541 g/mol. The maximum atomic E-state index is 13.9. The van der Waals surface area contributed by atoms with Crippen molar-refractivity contribution >= 4 is 39.1 Å². The largest absolute Gasteiger partial charge is 0.354 e. The number of benzene rings is 3. The van der Waals surface area contributed by atoms with Crippen LogP contribution in [0.1, 0.15) is 37.8 Å². The minimum Gasteiger partial charge on any atom is -0.354 e. The van der Waals surface area contributed by atoms with Crippen molar-refractivity contribution in [1.29, 1.82) is 0 Å². The molecule has 3 aromatic carbocycles. The van der Waals surface area contributed by atoms with E-state index in [1.807, 2.05) is 6.92 Å². The zero-order valence-electron chi connectivity index (χ0n) is 22.2. The van der Waals surface area contributed by atoms with Crippen LogP contribution >= 0.6 is 11.6 Å². The van der Waals surface area contributed by atoms with Gasteiger partial charge in [0.15, 0.2) is 0 Å². The second kappa shape index (κ2) is 13.6. The van der Waals surface area contributed by atoms with Crippen LogP contribution in [0.3, 0.4) is 0 Å². The highest BCUT2D eigenvalue weighted by Crippen LogP contribution is 2.28. The first-order chi connectivity index (χ1) is 18.5. The monoisotopic (exact) mass is 573 g/mol. The predicted octanol–water partition coefficient (Wildman–Crippen LogP) is 5.32. The molecule has 0 spiro atoms. The Kier molecular flexibility index (Phi) is 10.5. The Morgan fingerprint density at radius 1 is 1.00 bits per heavy atom. The van der Waals surface area contributed by atoms with Crippen molar-refractivity contribution in [3.63, 3.8) is 0 Å². The van der Waals surface area contributed by atoms with Gasteiger partial charge >= 0.3 is 0 Å². The molecule has 0 aromatic heterocycles. The minimum atomic E-state index is -4.19. The molecule has 0 aliphatic carbocycles. The van der Waals surface area contributed by atoms with Gasteiger partial charge in [-0.3, -0.25) is 13.9 Å². The Bertz CT molecular complexity index is 1380. The molecule has 0 bridgehead atoms. The lowest BCUT2D eigenvalue weighted by molar-refractivity contribution is -0.139. The van der Waals surface area contributed by atoms with Gasteiger partial charge in [0.25, 0.3) is 10.0 Å². The molecule has 0 heterocycles. The highest BCUT2D eigenvalue weighted by atomic mass is 35.5. The fourth-order valence-electron chi connectivity index (χ4n) is 4.00. The quantitative estimate of drug-likeness (QED) is 0.297. The van der Waals surface area contributed by atoms with E-state index >= 15 is 0 Å². The Morgan fingerprint density at radius 2 is 1.64 bits per heavy atom. The molecule has 1 N–H and O–H groups in total. The van der Waals surface area contributed by atoms with E-state index in [0.29, 0.717) is 28.4 Å². The third-order valence-electron chi connectivity index (χ3n) is 6.33. The van der Waals surface area contributed by atoms with Crippen molar-refractivity contribution in [2.24, 2.45) is 0 Å². The number of hydrogen-bond acceptors (Lipinski definition) is 4. The lowest BCUT2D eigenvalue weighted by Crippen LogP contribution is -2.51. The van der Waals surface area contributed by atoms with Crippen LogP contribution in [-0.2, 0) is 26.2 Å². The number of anilines is 1. The summed E-state index contributed by atoms with van der Waals surface area (Å²) >= 11 is 5.98. The molecule has 0 fully saturated rings. The summed E-state index contributed by atoms with van der Waals surface area (Å²) in [5.74, 6) is -1.37. The number of amides is 2. The number of sulfonamides is 1. The maximum Gasteiger partial charge on any atom is 0.264 e. The number of nitrogens with one attached hydrogen (secondary N) is 1. The highest BCUT2D eigenvalue weighted by molar-refractivity contribution is 7.92. The van der Waals surface area contributed by atoms with Crippen molar-refractivity contribution in [3.8, 4) is 0 Å². The van der Waals surface area contributed by atoms with E-state index in [1.165, 1.54) is 53.4 Å². The lowest BCUT2D eigenvalue weighted by Gasteiger charge is -2.32. The van der Waals surface area contributed by atoms with Crippen LogP contribution in [-0.4, -0.2) is 44.3 Å². The zero-order chi connectivity index (χ0) is 28.6. The maximum absolute atomic E-state index is 13.9. The summed E-state index contributed by atoms with van der Waals surface area (Å²) in [5.41, 5.74) is 1.59. The number of para-hydroxylation sites is 1. The summed E-state index contributed by atoms with van der Waals surface area (Å²) in [6.07, 6.45) is 1.67. The molecule has 2 amide bonds. The average molecular weight is 574 g/mol. The van der Waals surface area contributed by atoms with Gasteiger partial charge in [-0.2, -0.15) is 0 Å². The molecule has 0 saturated carbocycles. The number of nitrogens with zero attached hydrogens (tertiary/aromatic N) is 2. The van der Waals surface area contributed by atoms with Gasteiger partial charge in [0, 0.05) is 18.1 Å². The summed E-state index contributed by atoms with van der Waals surface area (Å²) in [4.78, 5) is 28.1. The summed E-state index contributed by atoms with van der Waals surface area (Å²) in [6.45, 7) is 5.24. The Labute approximate surface area is 234 Å². The minimum absolute atomic E-state index is 0.00984. The molecule has 1 unspecified atom stereocenters. The number of rotatable bonds is 12. The predicted molar refractivity (Wildman–Crippen MR) is 151 cm³/mol. The number of hydrogen-bond donors (Lipinski definition) is 1. The van der Waals surface area contributed by atoms with E-state index in [0.717, 1.165) is 17.1 Å². The highest BCUT2D eigenvalue weighted by Gasteiger charge is 2.33. The van der Waals surface area contributed by atoms with Crippen LogP contribution in [0.2, 0.25) is 5.02 Å². The van der Waals surface area contributed by atoms with Crippen molar-refractivity contribution in [2.45, 2.75) is 51.1 Å². The molecule has 10 heteroatoms. The fourth-order valence-corrected chi connectivity index (χ4v) is 5.60. The molecule has 3 rings (SSSR count). The van der Waals surface area contributed by atoms with Gasteiger partial charge in [-0.1, -0.05) is 55.3 Å². The van der Waals surface area contributed by atoms with Crippen molar-refractivity contribution in [2.75, 3.05) is 17.4 Å². The van der Waals surface area contributed by atoms with Gasteiger partial charge in [-0.05, 0) is 73.9 Å². The Morgan fingerprint density at radius 3 is 2.26 bits per heavy atom. The summed E-state index contributed by atoms with van der Waals surface area (Å²) in [6, 6.07) is 17.2. The smallest absolute Gasteiger partial charge is 0.264 e. The van der Waals surface area contributed by atoms with Crippen molar-refractivity contribution in [1.82, 2.24) is 10.2 Å². The standard InChI is InChI=1S/C29H33ClFN3O4S/c1-4-5-18-32-29(36)22(3)33(19-23-10-14-25(31)15-11-23)28(35)20-34(27-9-7-6-8-21(27)2)39(37,38)26-16-12-24(30)13-17-26/h6-17,22H,4-5,18-20H2,1-3H3,(H,32,36). The molecule has 208 valence electrons. The topological polar surface area (TPSA) is 86.8 Å². The first-order valence-corrected chi connectivity index (χ1v) is 14.5. The van der Waals surface area contributed by atoms with Crippen molar-refractivity contribution < 1.29 is 22.4 Å². The molecule has 3 aromatic rings. The molecule has 39 heavy (non-hydrogen) atoms. The number of unbranched alkanes of at least 4 members (excludes halogenated alkanes) is 1. The molecule has 0 saturated heterocycles. The molecule has 0 radical (unpaired) electrons. The molecule has 1 atom stereocenters.